The van der Waals surface area contributed by atoms with Gasteiger partial charge in [0.05, 0.1) is 29.0 Å². The summed E-state index contributed by atoms with van der Waals surface area (Å²) in [5.41, 5.74) is 6.54. The maximum absolute atomic E-state index is 11.8. The second-order valence-electron chi connectivity index (χ2n) is 4.96. The Kier molecular flexibility index (Phi) is 5.65. The number of methoxy groups -OCH3 is 1. The molecular formula is C14H21ClN2O3. The summed E-state index contributed by atoms with van der Waals surface area (Å²) in [6.45, 7) is 6.93. The number of nitrogens with one attached hydrogen (secondary N) is 1. The van der Waals surface area contributed by atoms with Crippen molar-refractivity contribution in [2.45, 2.75) is 26.4 Å². The van der Waals surface area contributed by atoms with Gasteiger partial charge in [-0.1, -0.05) is 11.6 Å². The van der Waals surface area contributed by atoms with E-state index in [1.165, 1.54) is 13.2 Å². The molecule has 0 fully saturated rings. The van der Waals surface area contributed by atoms with E-state index in [-0.39, 0.29) is 5.60 Å². The quantitative estimate of drug-likeness (QED) is 0.624. The van der Waals surface area contributed by atoms with Crippen LogP contribution in [0.5, 0.6) is 0 Å². The van der Waals surface area contributed by atoms with Crippen LogP contribution in [-0.4, -0.2) is 31.8 Å². The van der Waals surface area contributed by atoms with Crippen LogP contribution in [0, 0.1) is 0 Å². The number of carbonyl (C=O) groups is 1. The first-order valence-corrected chi connectivity index (χ1v) is 6.73. The van der Waals surface area contributed by atoms with Crippen molar-refractivity contribution >= 4 is 28.9 Å². The molecule has 0 spiro atoms. The Labute approximate surface area is 124 Å². The molecule has 0 amide bonds. The van der Waals surface area contributed by atoms with E-state index in [0.717, 1.165) is 0 Å². The number of esters is 1. The minimum Gasteiger partial charge on any atom is -0.465 e. The van der Waals surface area contributed by atoms with Crippen molar-refractivity contribution in [2.75, 3.05) is 31.3 Å². The molecule has 0 radical (unpaired) electrons. The highest BCUT2D eigenvalue weighted by Crippen LogP contribution is 2.30. The highest BCUT2D eigenvalue weighted by molar-refractivity contribution is 6.34. The smallest absolute Gasteiger partial charge is 0.340 e. The topological polar surface area (TPSA) is 73.6 Å². The summed E-state index contributed by atoms with van der Waals surface area (Å²) in [5, 5.41) is 3.51. The first-order chi connectivity index (χ1) is 9.30. The summed E-state index contributed by atoms with van der Waals surface area (Å²) in [6.07, 6.45) is 0. The van der Waals surface area contributed by atoms with Crippen molar-refractivity contribution in [3.8, 4) is 0 Å². The van der Waals surface area contributed by atoms with Crippen molar-refractivity contribution in [3.63, 3.8) is 0 Å². The van der Waals surface area contributed by atoms with E-state index in [2.05, 4.69) is 5.32 Å². The molecule has 1 aromatic rings. The number of anilines is 2. The van der Waals surface area contributed by atoms with Crippen molar-refractivity contribution in [3.05, 3.63) is 22.7 Å². The Bertz CT molecular complexity index is 490. The van der Waals surface area contributed by atoms with E-state index in [4.69, 9.17) is 26.8 Å². The molecule has 0 aliphatic heterocycles. The summed E-state index contributed by atoms with van der Waals surface area (Å²) in [6, 6.07) is 3.12. The molecule has 3 N–H and O–H groups in total. The third-order valence-electron chi connectivity index (χ3n) is 2.74. The molecule has 0 aliphatic carbocycles. The second kappa shape index (κ2) is 6.81. The zero-order valence-electron chi connectivity index (χ0n) is 12.2. The molecule has 5 nitrogen and oxygen atoms in total. The van der Waals surface area contributed by atoms with Crippen LogP contribution in [0.1, 0.15) is 31.1 Å². The van der Waals surface area contributed by atoms with Crippen LogP contribution in [0.3, 0.4) is 0 Å². The van der Waals surface area contributed by atoms with Gasteiger partial charge in [-0.25, -0.2) is 4.79 Å². The van der Waals surface area contributed by atoms with Gasteiger partial charge in [0, 0.05) is 18.8 Å². The van der Waals surface area contributed by atoms with Gasteiger partial charge in [0.1, 0.15) is 0 Å². The Morgan fingerprint density at radius 1 is 1.45 bits per heavy atom. The van der Waals surface area contributed by atoms with Crippen LogP contribution < -0.4 is 11.1 Å². The summed E-state index contributed by atoms with van der Waals surface area (Å²) >= 11 is 6.15. The van der Waals surface area contributed by atoms with E-state index >= 15 is 0 Å². The van der Waals surface area contributed by atoms with Crippen molar-refractivity contribution in [1.82, 2.24) is 0 Å². The molecule has 0 bridgehead atoms. The van der Waals surface area contributed by atoms with Crippen LogP contribution in [0.25, 0.3) is 0 Å². The number of halogens is 1. The normalized spacial score (nSPS) is 11.2. The van der Waals surface area contributed by atoms with Crippen LogP contribution in [0.2, 0.25) is 5.02 Å². The van der Waals surface area contributed by atoms with Gasteiger partial charge in [0.25, 0.3) is 0 Å². The molecule has 0 atom stereocenters. The van der Waals surface area contributed by atoms with Gasteiger partial charge in [-0.05, 0) is 32.9 Å². The van der Waals surface area contributed by atoms with E-state index in [0.29, 0.717) is 35.1 Å². The monoisotopic (exact) mass is 300 g/mol. The van der Waals surface area contributed by atoms with E-state index in [9.17, 15) is 4.79 Å². The Balaban J connectivity index is 3.02. The SMILES string of the molecule is CCOC(C)(C)CNc1c(Cl)cc(N)cc1C(=O)OC. The highest BCUT2D eigenvalue weighted by Gasteiger charge is 2.21. The molecule has 20 heavy (non-hydrogen) atoms. The minimum atomic E-state index is -0.490. The number of hydrogen-bond donors (Lipinski definition) is 2. The van der Waals surface area contributed by atoms with Crippen LogP contribution in [0.4, 0.5) is 11.4 Å². The summed E-state index contributed by atoms with van der Waals surface area (Å²) in [5.74, 6) is -0.490. The van der Waals surface area contributed by atoms with Gasteiger partial charge in [0.2, 0.25) is 0 Å². The number of hydrogen-bond acceptors (Lipinski definition) is 5. The number of nitrogen functional groups attached to an aromatic ring is 1. The number of nitrogens with two attached hydrogens (primary N) is 1. The summed E-state index contributed by atoms with van der Waals surface area (Å²) in [7, 11) is 1.31. The van der Waals surface area contributed by atoms with Gasteiger partial charge in [-0.3, -0.25) is 0 Å². The molecule has 0 unspecified atom stereocenters. The first kappa shape index (κ1) is 16.6. The Morgan fingerprint density at radius 2 is 2.10 bits per heavy atom. The maximum atomic E-state index is 11.8. The van der Waals surface area contributed by atoms with E-state index in [1.807, 2.05) is 20.8 Å². The number of rotatable bonds is 6. The zero-order chi connectivity index (χ0) is 15.3. The molecule has 0 saturated heterocycles. The molecule has 112 valence electrons. The molecule has 0 aromatic heterocycles. The second-order valence-corrected chi connectivity index (χ2v) is 5.37. The third kappa shape index (κ3) is 4.28. The minimum absolute atomic E-state index is 0.310. The fraction of sp³-hybridized carbons (Fsp3) is 0.500. The lowest BCUT2D eigenvalue weighted by molar-refractivity contribution is 0.000658. The molecule has 0 saturated carbocycles. The number of ether oxygens (including phenoxy) is 2. The van der Waals surface area contributed by atoms with Crippen LogP contribution >= 0.6 is 11.6 Å². The highest BCUT2D eigenvalue weighted by atomic mass is 35.5. The van der Waals surface area contributed by atoms with E-state index < -0.39 is 5.97 Å². The lowest BCUT2D eigenvalue weighted by Gasteiger charge is -2.26. The molecule has 1 aromatic carbocycles. The van der Waals surface area contributed by atoms with Crippen molar-refractivity contribution in [2.24, 2.45) is 0 Å². The number of carbonyl (C=O) groups excluding carboxylic acids is 1. The molecular weight excluding hydrogens is 280 g/mol. The predicted octanol–water partition coefficient (Wildman–Crippen LogP) is 2.94. The van der Waals surface area contributed by atoms with Crippen LogP contribution in [0.15, 0.2) is 12.1 Å². The summed E-state index contributed by atoms with van der Waals surface area (Å²) < 4.78 is 10.3. The van der Waals surface area contributed by atoms with Crippen LogP contribution in [-0.2, 0) is 9.47 Å². The van der Waals surface area contributed by atoms with E-state index in [1.54, 1.807) is 6.07 Å². The zero-order valence-corrected chi connectivity index (χ0v) is 13.0. The Morgan fingerprint density at radius 3 is 2.65 bits per heavy atom. The molecule has 6 heteroatoms. The van der Waals surface area contributed by atoms with Gasteiger partial charge < -0.3 is 20.5 Å². The fourth-order valence-electron chi connectivity index (χ4n) is 1.82. The molecule has 1 rings (SSSR count). The van der Waals surface area contributed by atoms with Crippen molar-refractivity contribution in [1.29, 1.82) is 0 Å². The summed E-state index contributed by atoms with van der Waals surface area (Å²) in [4.78, 5) is 11.8. The maximum Gasteiger partial charge on any atom is 0.340 e. The average molecular weight is 301 g/mol. The van der Waals surface area contributed by atoms with Gasteiger partial charge in [-0.2, -0.15) is 0 Å². The Hall–Kier alpha value is -1.46. The lowest BCUT2D eigenvalue weighted by atomic mass is 10.1. The average Bonchev–Trinajstić information content (AvgIpc) is 2.35. The molecule has 0 aliphatic rings. The predicted molar refractivity (Wildman–Crippen MR) is 81.4 cm³/mol. The molecule has 0 heterocycles. The van der Waals surface area contributed by atoms with Crippen molar-refractivity contribution < 1.29 is 14.3 Å². The van der Waals surface area contributed by atoms with Gasteiger partial charge >= 0.3 is 5.97 Å². The first-order valence-electron chi connectivity index (χ1n) is 6.36. The standard InChI is InChI=1S/C14H21ClN2O3/c1-5-20-14(2,3)8-17-12-10(13(18)19-4)6-9(16)7-11(12)15/h6-7,17H,5,8,16H2,1-4H3. The van der Waals surface area contributed by atoms with Gasteiger partial charge in [0.15, 0.2) is 0 Å². The van der Waals surface area contributed by atoms with Gasteiger partial charge in [-0.15, -0.1) is 0 Å². The number of benzene rings is 1. The fourth-order valence-corrected chi connectivity index (χ4v) is 2.12. The largest absolute Gasteiger partial charge is 0.465 e. The third-order valence-corrected chi connectivity index (χ3v) is 3.04. The lowest BCUT2D eigenvalue weighted by Crippen LogP contribution is -2.33.